The summed E-state index contributed by atoms with van der Waals surface area (Å²) >= 11 is 0. The zero-order chi connectivity index (χ0) is 10.3. The molecule has 0 bridgehead atoms. The highest BCUT2D eigenvalue weighted by atomic mass is 32.2. The summed E-state index contributed by atoms with van der Waals surface area (Å²) in [7, 11) is -0.106. The summed E-state index contributed by atoms with van der Waals surface area (Å²) in [5.74, 6) is 1.69. The zero-order valence-electron chi connectivity index (χ0n) is 8.65. The molecular weight excluding hydrogens is 204 g/mol. The molecule has 1 aliphatic heterocycles. The average molecular weight is 219 g/mol. The zero-order valence-corrected chi connectivity index (χ0v) is 9.54. The minimum absolute atomic E-state index is 0.106. The minimum Gasteiger partial charge on any atom is -0.289 e. The molecule has 3 rings (SSSR count). The third-order valence-corrected chi connectivity index (χ3v) is 6.16. The van der Waals surface area contributed by atoms with E-state index in [0.29, 0.717) is 11.0 Å². The fourth-order valence-electron chi connectivity index (χ4n) is 2.59. The van der Waals surface area contributed by atoms with Crippen LogP contribution in [0.3, 0.4) is 0 Å². The van der Waals surface area contributed by atoms with Crippen molar-refractivity contribution in [2.75, 3.05) is 5.75 Å². The lowest BCUT2D eigenvalue weighted by Crippen LogP contribution is -2.23. The van der Waals surface area contributed by atoms with Gasteiger partial charge >= 0.3 is 0 Å². The van der Waals surface area contributed by atoms with Crippen LogP contribution >= 0.6 is 0 Å². The van der Waals surface area contributed by atoms with Gasteiger partial charge in [0.2, 0.25) is 5.78 Å². The highest BCUT2D eigenvalue weighted by Crippen LogP contribution is 2.27. The maximum Gasteiger partial charge on any atom is 0.211 e. The van der Waals surface area contributed by atoms with Crippen molar-refractivity contribution in [1.29, 1.82) is 0 Å². The van der Waals surface area contributed by atoms with Crippen LogP contribution in [0.4, 0.5) is 0 Å². The second kappa shape index (κ2) is 3.60. The van der Waals surface area contributed by atoms with Gasteiger partial charge in [0, 0.05) is 18.4 Å². The molecule has 2 unspecified atom stereocenters. The Bertz CT molecular complexity index is 448. The summed E-state index contributed by atoms with van der Waals surface area (Å²) in [5, 5.41) is 2.74. The van der Waals surface area contributed by atoms with E-state index in [1.165, 1.54) is 24.2 Å². The number of carbonyl (C=O) groups excluding carboxylic acids is 1. The van der Waals surface area contributed by atoms with Crippen molar-refractivity contribution in [3.63, 3.8) is 0 Å². The van der Waals surface area contributed by atoms with E-state index in [-0.39, 0.29) is 10.5 Å². The molecule has 0 N–H and O–H groups in total. The Labute approximate surface area is 92.4 Å². The number of Topliss-reactive ketones (excluding diaryl/α,β-unsaturated/α-hetero) is 1. The van der Waals surface area contributed by atoms with Crippen LogP contribution in [0.5, 0.6) is 0 Å². The Morgan fingerprint density at radius 2 is 2.13 bits per heavy atom. The summed E-state index contributed by atoms with van der Waals surface area (Å²) in [6.07, 6.45) is 3.52. The van der Waals surface area contributed by atoms with Crippen LogP contribution in [0.15, 0.2) is 24.3 Å². The second-order valence-corrected chi connectivity index (χ2v) is 6.77. The van der Waals surface area contributed by atoms with Crippen LogP contribution in [0.1, 0.15) is 28.8 Å². The fourth-order valence-corrected chi connectivity index (χ4v) is 5.27. The van der Waals surface area contributed by atoms with E-state index in [9.17, 15) is 4.79 Å². The number of hydrogen-bond acceptors (Lipinski definition) is 1. The van der Waals surface area contributed by atoms with Crippen LogP contribution in [-0.4, -0.2) is 22.2 Å². The Kier molecular flexibility index (Phi) is 2.24. The van der Waals surface area contributed by atoms with Crippen molar-refractivity contribution < 1.29 is 4.79 Å². The Morgan fingerprint density at radius 3 is 2.87 bits per heavy atom. The van der Waals surface area contributed by atoms with Crippen LogP contribution in [0.25, 0.3) is 0 Å². The van der Waals surface area contributed by atoms with Crippen molar-refractivity contribution in [2.45, 2.75) is 24.5 Å². The van der Waals surface area contributed by atoms with Gasteiger partial charge in [-0.25, -0.2) is 0 Å². The summed E-state index contributed by atoms with van der Waals surface area (Å²) in [5.41, 5.74) is 2.26. The third-order valence-electron chi connectivity index (χ3n) is 3.38. The van der Waals surface area contributed by atoms with Gasteiger partial charge in [0.25, 0.3) is 0 Å². The van der Waals surface area contributed by atoms with Crippen LogP contribution in [0.2, 0.25) is 0 Å². The van der Waals surface area contributed by atoms with Gasteiger partial charge in [-0.2, -0.15) is 0 Å². The Balaban J connectivity index is 1.96. The Morgan fingerprint density at radius 1 is 1.27 bits per heavy atom. The molecule has 0 saturated heterocycles. The second-order valence-electron chi connectivity index (χ2n) is 4.30. The molecule has 0 spiro atoms. The number of rotatable bonds is 1. The summed E-state index contributed by atoms with van der Waals surface area (Å²) in [6, 6.07) is 8.12. The van der Waals surface area contributed by atoms with E-state index >= 15 is 0 Å². The van der Waals surface area contributed by atoms with Crippen molar-refractivity contribution >= 4 is 21.6 Å². The molecule has 0 aromatic heterocycles. The SMILES string of the molecule is O=C1c2ccccc2CC1[SH+]1=CCCC1. The quantitative estimate of drug-likeness (QED) is 0.399. The van der Waals surface area contributed by atoms with Crippen molar-refractivity contribution in [3.8, 4) is 0 Å². The molecule has 1 aromatic rings. The largest absolute Gasteiger partial charge is 0.289 e. The molecular formula is C13H15OS+. The molecule has 1 aliphatic carbocycles. The van der Waals surface area contributed by atoms with E-state index in [4.69, 9.17) is 0 Å². The van der Waals surface area contributed by atoms with Gasteiger partial charge in [-0.15, -0.1) is 10.5 Å². The predicted octanol–water partition coefficient (Wildman–Crippen LogP) is 1.74. The lowest BCUT2D eigenvalue weighted by atomic mass is 10.1. The van der Waals surface area contributed by atoms with Crippen LogP contribution in [-0.2, 0) is 16.9 Å². The van der Waals surface area contributed by atoms with E-state index in [2.05, 4.69) is 11.4 Å². The normalized spacial score (nSPS) is 28.9. The molecule has 0 radical (unpaired) electrons. The van der Waals surface area contributed by atoms with Crippen LogP contribution in [0, 0.1) is 0 Å². The number of ketones is 1. The first kappa shape index (κ1) is 9.34. The topological polar surface area (TPSA) is 17.1 Å². The molecule has 0 saturated carbocycles. The van der Waals surface area contributed by atoms with Gasteiger partial charge < -0.3 is 0 Å². The molecule has 2 heteroatoms. The number of fused-ring (bicyclic) bond motifs is 1. The number of carbonyl (C=O) groups is 1. The molecule has 1 aromatic carbocycles. The molecule has 0 fully saturated rings. The van der Waals surface area contributed by atoms with Gasteiger partial charge in [-0.1, -0.05) is 24.3 Å². The molecule has 0 amide bonds. The number of thiol groups is 1. The Hall–Kier alpha value is -0.890. The minimum atomic E-state index is -0.106. The summed E-state index contributed by atoms with van der Waals surface area (Å²) in [6.45, 7) is 0. The molecule has 2 aliphatic rings. The van der Waals surface area contributed by atoms with Gasteiger partial charge in [0.05, 0.1) is 11.1 Å². The maximum atomic E-state index is 12.2. The maximum absolute atomic E-state index is 12.2. The monoisotopic (exact) mass is 219 g/mol. The number of benzene rings is 1. The third kappa shape index (κ3) is 1.48. The van der Waals surface area contributed by atoms with E-state index in [1.807, 2.05) is 18.2 Å². The van der Waals surface area contributed by atoms with Gasteiger partial charge in [-0.3, -0.25) is 4.79 Å². The van der Waals surface area contributed by atoms with Gasteiger partial charge in [0.1, 0.15) is 5.25 Å². The van der Waals surface area contributed by atoms with E-state index in [0.717, 1.165) is 12.0 Å². The van der Waals surface area contributed by atoms with Gasteiger partial charge in [0.15, 0.2) is 0 Å². The lowest BCUT2D eigenvalue weighted by Gasteiger charge is -2.04. The molecule has 1 heterocycles. The molecule has 2 atom stereocenters. The molecule has 15 heavy (non-hydrogen) atoms. The van der Waals surface area contributed by atoms with Crippen molar-refractivity contribution in [1.82, 2.24) is 0 Å². The lowest BCUT2D eigenvalue weighted by molar-refractivity contribution is 0.1000. The van der Waals surface area contributed by atoms with Crippen LogP contribution < -0.4 is 0 Å². The molecule has 1 nitrogen and oxygen atoms in total. The summed E-state index contributed by atoms with van der Waals surface area (Å²) in [4.78, 5) is 12.2. The van der Waals surface area contributed by atoms with E-state index < -0.39 is 0 Å². The standard InChI is InChI=1S/C13H14OS/c14-13-11-6-2-1-5-10(11)9-12(13)15-7-3-4-8-15/h1-2,5-7,12H,3-4,8-9H2/p+1. The fraction of sp³-hybridized carbons (Fsp3) is 0.385. The average Bonchev–Trinajstić information content (AvgIpc) is 2.87. The van der Waals surface area contributed by atoms with Gasteiger partial charge in [-0.05, 0) is 12.0 Å². The van der Waals surface area contributed by atoms with Crippen molar-refractivity contribution in [2.24, 2.45) is 0 Å². The first-order chi connectivity index (χ1) is 7.36. The molecule has 78 valence electrons. The highest BCUT2D eigenvalue weighted by molar-refractivity contribution is 7.96. The van der Waals surface area contributed by atoms with Crippen molar-refractivity contribution in [3.05, 3.63) is 35.4 Å². The highest BCUT2D eigenvalue weighted by Gasteiger charge is 2.36. The first-order valence-electron chi connectivity index (χ1n) is 5.57. The first-order valence-corrected chi connectivity index (χ1v) is 7.24. The smallest absolute Gasteiger partial charge is 0.211 e. The predicted molar refractivity (Wildman–Crippen MR) is 67.2 cm³/mol. The summed E-state index contributed by atoms with van der Waals surface area (Å²) < 4.78 is 0. The van der Waals surface area contributed by atoms with E-state index in [1.54, 1.807) is 0 Å². The number of hydrogen-bond donors (Lipinski definition) is 0.